The first-order valence-electron chi connectivity index (χ1n) is 7.15. The average molecular weight is 296 g/mol. The molecule has 1 aromatic rings. The molecule has 0 aliphatic carbocycles. The first-order valence-corrected chi connectivity index (χ1v) is 7.53. The maximum Gasteiger partial charge on any atom is 0.251 e. The number of hydrogen-bond acceptors (Lipinski definition) is 3. The summed E-state index contributed by atoms with van der Waals surface area (Å²) in [5.74, 6) is 0.666. The second-order valence-electron chi connectivity index (χ2n) is 5.61. The number of halogens is 1. The van der Waals surface area contributed by atoms with Crippen LogP contribution in [-0.2, 0) is 0 Å². The number of amides is 1. The van der Waals surface area contributed by atoms with Crippen LogP contribution in [0, 0.1) is 12.8 Å². The molecule has 0 spiro atoms. The number of nitrogens with one attached hydrogen (secondary N) is 1. The van der Waals surface area contributed by atoms with Crippen molar-refractivity contribution in [1.82, 2.24) is 15.2 Å². The maximum absolute atomic E-state index is 12.0. The molecule has 5 heteroatoms. The number of piperidine rings is 1. The van der Waals surface area contributed by atoms with Crippen LogP contribution in [0.25, 0.3) is 0 Å². The largest absolute Gasteiger partial charge is 0.352 e. The highest BCUT2D eigenvalue weighted by molar-refractivity contribution is 6.29. The van der Waals surface area contributed by atoms with E-state index in [0.717, 1.165) is 37.7 Å². The second kappa shape index (κ2) is 7.04. The molecule has 4 nitrogen and oxygen atoms in total. The number of carbonyl (C=O) groups excluding carboxylic acids is 1. The first-order chi connectivity index (χ1) is 9.54. The lowest BCUT2D eigenvalue weighted by Crippen LogP contribution is -2.32. The van der Waals surface area contributed by atoms with E-state index in [4.69, 9.17) is 11.6 Å². The van der Waals surface area contributed by atoms with Crippen molar-refractivity contribution < 1.29 is 4.79 Å². The SMILES string of the molecule is Cc1cc(C(=O)NCCC2CCN(C)CC2)cc(Cl)n1. The summed E-state index contributed by atoms with van der Waals surface area (Å²) in [7, 11) is 2.16. The van der Waals surface area contributed by atoms with Crippen LogP contribution >= 0.6 is 11.6 Å². The number of hydrogen-bond donors (Lipinski definition) is 1. The Kier molecular flexibility index (Phi) is 5.38. The molecule has 0 atom stereocenters. The molecule has 20 heavy (non-hydrogen) atoms. The van der Waals surface area contributed by atoms with E-state index >= 15 is 0 Å². The molecule has 1 saturated heterocycles. The lowest BCUT2D eigenvalue weighted by Gasteiger charge is -2.28. The molecule has 1 aromatic heterocycles. The van der Waals surface area contributed by atoms with E-state index in [-0.39, 0.29) is 5.91 Å². The molecule has 2 rings (SSSR count). The van der Waals surface area contributed by atoms with Gasteiger partial charge in [0.1, 0.15) is 5.15 Å². The van der Waals surface area contributed by atoms with E-state index in [1.165, 1.54) is 12.8 Å². The van der Waals surface area contributed by atoms with Crippen LogP contribution in [0.4, 0.5) is 0 Å². The zero-order chi connectivity index (χ0) is 14.5. The minimum absolute atomic E-state index is 0.0645. The predicted molar refractivity (Wildman–Crippen MR) is 81.2 cm³/mol. The molecule has 0 bridgehead atoms. The Morgan fingerprint density at radius 1 is 1.45 bits per heavy atom. The minimum atomic E-state index is -0.0645. The summed E-state index contributed by atoms with van der Waals surface area (Å²) < 4.78 is 0. The van der Waals surface area contributed by atoms with Crippen molar-refractivity contribution in [3.8, 4) is 0 Å². The standard InChI is InChI=1S/C15H22ClN3O/c1-11-9-13(10-14(16)18-11)15(20)17-6-3-12-4-7-19(2)8-5-12/h9-10,12H,3-8H2,1-2H3,(H,17,20). The van der Waals surface area contributed by atoms with E-state index in [9.17, 15) is 4.79 Å². The molecule has 1 N–H and O–H groups in total. The molecule has 0 aromatic carbocycles. The summed E-state index contributed by atoms with van der Waals surface area (Å²) in [5.41, 5.74) is 1.35. The van der Waals surface area contributed by atoms with Gasteiger partial charge in [0.25, 0.3) is 5.91 Å². The number of aromatic nitrogens is 1. The maximum atomic E-state index is 12.0. The lowest BCUT2D eigenvalue weighted by atomic mass is 9.94. The van der Waals surface area contributed by atoms with Gasteiger partial charge in [-0.2, -0.15) is 0 Å². The summed E-state index contributed by atoms with van der Waals surface area (Å²) in [6.07, 6.45) is 3.51. The van der Waals surface area contributed by atoms with Crippen molar-refractivity contribution >= 4 is 17.5 Å². The van der Waals surface area contributed by atoms with Crippen LogP contribution < -0.4 is 5.32 Å². The molecular formula is C15H22ClN3O. The van der Waals surface area contributed by atoms with Crippen LogP contribution in [0.2, 0.25) is 5.15 Å². The number of pyridine rings is 1. The quantitative estimate of drug-likeness (QED) is 0.868. The van der Waals surface area contributed by atoms with Crippen molar-refractivity contribution in [3.63, 3.8) is 0 Å². The zero-order valence-electron chi connectivity index (χ0n) is 12.2. The van der Waals surface area contributed by atoms with E-state index in [2.05, 4.69) is 22.2 Å². The van der Waals surface area contributed by atoms with Gasteiger partial charge in [0.2, 0.25) is 0 Å². The van der Waals surface area contributed by atoms with E-state index in [1.807, 2.05) is 6.92 Å². The Labute approximate surface area is 125 Å². The molecule has 110 valence electrons. The van der Waals surface area contributed by atoms with E-state index in [1.54, 1.807) is 12.1 Å². The molecule has 1 aliphatic heterocycles. The molecule has 0 radical (unpaired) electrons. The summed E-state index contributed by atoms with van der Waals surface area (Å²) in [6.45, 7) is 4.89. The Morgan fingerprint density at radius 3 is 2.80 bits per heavy atom. The van der Waals surface area contributed by atoms with Crippen LogP contribution in [-0.4, -0.2) is 42.5 Å². The fraction of sp³-hybridized carbons (Fsp3) is 0.600. The van der Waals surface area contributed by atoms with Crippen molar-refractivity contribution in [2.24, 2.45) is 5.92 Å². The van der Waals surface area contributed by atoms with Crippen LogP contribution in [0.3, 0.4) is 0 Å². The van der Waals surface area contributed by atoms with Gasteiger partial charge >= 0.3 is 0 Å². The lowest BCUT2D eigenvalue weighted by molar-refractivity contribution is 0.0948. The van der Waals surface area contributed by atoms with Gasteiger partial charge in [0.15, 0.2) is 0 Å². The first kappa shape index (κ1) is 15.3. The number of likely N-dealkylation sites (tertiary alicyclic amines) is 1. The molecule has 1 aliphatic rings. The normalized spacial score (nSPS) is 17.1. The van der Waals surface area contributed by atoms with Gasteiger partial charge in [-0.1, -0.05) is 11.6 Å². The van der Waals surface area contributed by atoms with Crippen molar-refractivity contribution in [2.75, 3.05) is 26.7 Å². The molecule has 1 amide bonds. The second-order valence-corrected chi connectivity index (χ2v) is 6.00. The third kappa shape index (κ3) is 4.46. The smallest absolute Gasteiger partial charge is 0.251 e. The van der Waals surface area contributed by atoms with Gasteiger partial charge in [-0.15, -0.1) is 0 Å². The van der Waals surface area contributed by atoms with Crippen LogP contribution in [0.5, 0.6) is 0 Å². The summed E-state index contributed by atoms with van der Waals surface area (Å²) in [6, 6.07) is 3.37. The molecular weight excluding hydrogens is 274 g/mol. The summed E-state index contributed by atoms with van der Waals surface area (Å²) in [4.78, 5) is 18.5. The minimum Gasteiger partial charge on any atom is -0.352 e. The van der Waals surface area contributed by atoms with Gasteiger partial charge in [-0.3, -0.25) is 4.79 Å². The fourth-order valence-corrected chi connectivity index (χ4v) is 2.85. The number of nitrogens with zero attached hydrogens (tertiary/aromatic N) is 2. The topological polar surface area (TPSA) is 45.2 Å². The van der Waals surface area contributed by atoms with Gasteiger partial charge < -0.3 is 10.2 Å². The van der Waals surface area contributed by atoms with E-state index in [0.29, 0.717) is 10.7 Å². The van der Waals surface area contributed by atoms with Crippen molar-refractivity contribution in [2.45, 2.75) is 26.2 Å². The Hall–Kier alpha value is -1.13. The van der Waals surface area contributed by atoms with Crippen molar-refractivity contribution in [3.05, 3.63) is 28.5 Å². The monoisotopic (exact) mass is 295 g/mol. The van der Waals surface area contributed by atoms with Gasteiger partial charge in [0, 0.05) is 17.8 Å². The summed E-state index contributed by atoms with van der Waals surface area (Å²) in [5, 5.41) is 3.34. The highest BCUT2D eigenvalue weighted by Gasteiger charge is 2.16. The Balaban J connectivity index is 1.77. The van der Waals surface area contributed by atoms with Crippen LogP contribution in [0.1, 0.15) is 35.3 Å². The Bertz CT molecular complexity index is 450. The highest BCUT2D eigenvalue weighted by Crippen LogP contribution is 2.18. The summed E-state index contributed by atoms with van der Waals surface area (Å²) >= 11 is 5.87. The van der Waals surface area contributed by atoms with Gasteiger partial charge in [0.05, 0.1) is 0 Å². The van der Waals surface area contributed by atoms with Crippen molar-refractivity contribution in [1.29, 1.82) is 0 Å². The van der Waals surface area contributed by atoms with Gasteiger partial charge in [-0.25, -0.2) is 4.98 Å². The fourth-order valence-electron chi connectivity index (χ4n) is 2.60. The zero-order valence-corrected chi connectivity index (χ0v) is 12.9. The average Bonchev–Trinajstić information content (AvgIpc) is 2.40. The predicted octanol–water partition coefficient (Wildman–Crippen LogP) is 2.51. The highest BCUT2D eigenvalue weighted by atomic mass is 35.5. The number of aryl methyl sites for hydroxylation is 1. The molecule has 0 unspecified atom stereocenters. The van der Waals surface area contributed by atoms with E-state index < -0.39 is 0 Å². The molecule has 1 fully saturated rings. The number of carbonyl (C=O) groups is 1. The third-order valence-electron chi connectivity index (χ3n) is 3.86. The van der Waals surface area contributed by atoms with Crippen LogP contribution in [0.15, 0.2) is 12.1 Å². The van der Waals surface area contributed by atoms with Gasteiger partial charge in [-0.05, 0) is 64.4 Å². The third-order valence-corrected chi connectivity index (χ3v) is 4.05. The Morgan fingerprint density at radius 2 is 2.15 bits per heavy atom. The molecule has 0 saturated carbocycles. The molecule has 2 heterocycles. The number of rotatable bonds is 4.